The monoisotopic (exact) mass is 467 g/mol. The molecular formula is C24H25N3O3S2. The number of nitrogens with one attached hydrogen (secondary N) is 1. The van der Waals surface area contributed by atoms with Gasteiger partial charge in [0.25, 0.3) is 10.0 Å². The van der Waals surface area contributed by atoms with E-state index in [1.54, 1.807) is 36.9 Å². The number of rotatable bonds is 7. The van der Waals surface area contributed by atoms with Crippen molar-refractivity contribution in [1.29, 1.82) is 0 Å². The van der Waals surface area contributed by atoms with E-state index in [1.807, 2.05) is 48.5 Å². The van der Waals surface area contributed by atoms with Crippen molar-refractivity contribution >= 4 is 38.5 Å². The Kier molecular flexibility index (Phi) is 6.17. The Labute approximate surface area is 191 Å². The largest absolute Gasteiger partial charge is 0.328 e. The molecule has 0 bridgehead atoms. The van der Waals surface area contributed by atoms with E-state index in [0.717, 1.165) is 33.7 Å². The van der Waals surface area contributed by atoms with Gasteiger partial charge in [0.15, 0.2) is 0 Å². The van der Waals surface area contributed by atoms with Gasteiger partial charge in [-0.2, -0.15) is 0 Å². The Morgan fingerprint density at radius 2 is 1.53 bits per heavy atom. The third kappa shape index (κ3) is 4.33. The first kappa shape index (κ1) is 22.2. The summed E-state index contributed by atoms with van der Waals surface area (Å²) in [5.41, 5.74) is 2.77. The number of aromatic nitrogens is 2. The van der Waals surface area contributed by atoms with Crippen molar-refractivity contribution in [2.45, 2.75) is 34.5 Å². The van der Waals surface area contributed by atoms with Crippen LogP contribution in [0.2, 0.25) is 0 Å². The molecule has 0 saturated heterocycles. The molecule has 0 fully saturated rings. The zero-order valence-electron chi connectivity index (χ0n) is 18.2. The van der Waals surface area contributed by atoms with Crippen molar-refractivity contribution in [3.8, 4) is 0 Å². The molecule has 1 N–H and O–H groups in total. The van der Waals surface area contributed by atoms with Crippen molar-refractivity contribution in [2.24, 2.45) is 14.1 Å². The number of hydrogen-bond donors (Lipinski definition) is 1. The fourth-order valence-corrected chi connectivity index (χ4v) is 5.71. The van der Waals surface area contributed by atoms with Crippen LogP contribution < -0.4 is 10.4 Å². The van der Waals surface area contributed by atoms with Crippen LogP contribution in [0, 0.1) is 0 Å². The van der Waals surface area contributed by atoms with Crippen LogP contribution in [0.1, 0.15) is 18.9 Å². The molecule has 0 radical (unpaired) electrons. The minimum Gasteiger partial charge on any atom is -0.295 e. The van der Waals surface area contributed by atoms with E-state index in [4.69, 9.17) is 0 Å². The average molecular weight is 468 g/mol. The van der Waals surface area contributed by atoms with Gasteiger partial charge in [-0.15, -0.1) is 0 Å². The van der Waals surface area contributed by atoms with Crippen molar-refractivity contribution in [3.63, 3.8) is 0 Å². The summed E-state index contributed by atoms with van der Waals surface area (Å²) in [7, 11) is -0.411. The molecule has 4 rings (SSSR count). The summed E-state index contributed by atoms with van der Waals surface area (Å²) in [6.45, 7) is 2.09. The Bertz CT molecular complexity index is 1420. The molecular weight excluding hydrogens is 442 g/mol. The first-order valence-electron chi connectivity index (χ1n) is 10.3. The van der Waals surface area contributed by atoms with Gasteiger partial charge >= 0.3 is 5.69 Å². The summed E-state index contributed by atoms with van der Waals surface area (Å²) in [6, 6.07) is 20.3. The Hall–Kier alpha value is -2.97. The fourth-order valence-electron chi connectivity index (χ4n) is 3.63. The van der Waals surface area contributed by atoms with Gasteiger partial charge in [0.1, 0.15) is 0 Å². The molecule has 1 aromatic heterocycles. The molecule has 0 atom stereocenters. The molecule has 166 valence electrons. The van der Waals surface area contributed by atoms with Gasteiger partial charge in [-0.05, 0) is 48.4 Å². The van der Waals surface area contributed by atoms with Gasteiger partial charge in [0.2, 0.25) is 0 Å². The summed E-state index contributed by atoms with van der Waals surface area (Å²) in [4.78, 5) is 14.3. The lowest BCUT2D eigenvalue weighted by molar-refractivity contribution is 0.601. The van der Waals surface area contributed by atoms with E-state index in [2.05, 4.69) is 11.6 Å². The van der Waals surface area contributed by atoms with Gasteiger partial charge in [-0.3, -0.25) is 13.9 Å². The maximum Gasteiger partial charge on any atom is 0.328 e. The molecule has 6 nitrogen and oxygen atoms in total. The van der Waals surface area contributed by atoms with E-state index < -0.39 is 10.0 Å². The van der Waals surface area contributed by atoms with Crippen molar-refractivity contribution < 1.29 is 8.42 Å². The average Bonchev–Trinajstić information content (AvgIpc) is 2.99. The standard InChI is InChI=1S/C24H25N3O3S2/c1-4-8-17-11-13-19(14-12-17)32(29,30)25-20-15-21-22(27(3)24(28)26(21)2)16-23(20)31-18-9-6-5-7-10-18/h5-7,9-16,25H,4,8H2,1-3H3. The second kappa shape index (κ2) is 8.88. The third-order valence-corrected chi connectivity index (χ3v) is 7.81. The summed E-state index contributed by atoms with van der Waals surface area (Å²) in [5.74, 6) is 0. The van der Waals surface area contributed by atoms with E-state index in [0.29, 0.717) is 11.2 Å². The Morgan fingerprint density at radius 1 is 0.906 bits per heavy atom. The highest BCUT2D eigenvalue weighted by atomic mass is 32.2. The molecule has 3 aromatic carbocycles. The molecule has 32 heavy (non-hydrogen) atoms. The molecule has 0 spiro atoms. The van der Waals surface area contributed by atoms with Crippen LogP contribution in [0.4, 0.5) is 5.69 Å². The number of benzene rings is 3. The summed E-state index contributed by atoms with van der Waals surface area (Å²) in [5, 5.41) is 0. The molecule has 0 saturated carbocycles. The third-order valence-electron chi connectivity index (χ3n) is 5.36. The number of nitrogens with zero attached hydrogens (tertiary/aromatic N) is 2. The second-order valence-electron chi connectivity index (χ2n) is 7.65. The van der Waals surface area contributed by atoms with E-state index in [-0.39, 0.29) is 10.6 Å². The maximum atomic E-state index is 13.2. The number of aryl methyl sites for hydroxylation is 3. The summed E-state index contributed by atoms with van der Waals surface area (Å²) < 4.78 is 32.2. The van der Waals surface area contributed by atoms with E-state index in [1.165, 1.54) is 16.3 Å². The molecule has 1 heterocycles. The molecule has 0 aliphatic carbocycles. The number of fused-ring (bicyclic) bond motifs is 1. The highest BCUT2D eigenvalue weighted by Gasteiger charge is 2.19. The second-order valence-corrected chi connectivity index (χ2v) is 10.5. The fraction of sp³-hybridized carbons (Fsp3) is 0.208. The zero-order chi connectivity index (χ0) is 22.9. The normalized spacial score (nSPS) is 11.7. The summed E-state index contributed by atoms with van der Waals surface area (Å²) >= 11 is 1.45. The van der Waals surface area contributed by atoms with Gasteiger partial charge in [0, 0.05) is 23.9 Å². The van der Waals surface area contributed by atoms with Crippen LogP contribution in [0.15, 0.2) is 86.2 Å². The van der Waals surface area contributed by atoms with Crippen LogP contribution >= 0.6 is 11.8 Å². The molecule has 0 amide bonds. The lowest BCUT2D eigenvalue weighted by atomic mass is 10.1. The smallest absolute Gasteiger partial charge is 0.295 e. The lowest BCUT2D eigenvalue weighted by Crippen LogP contribution is -2.19. The summed E-state index contributed by atoms with van der Waals surface area (Å²) in [6.07, 6.45) is 1.91. The van der Waals surface area contributed by atoms with Gasteiger partial charge in [-0.25, -0.2) is 13.2 Å². The van der Waals surface area contributed by atoms with Gasteiger partial charge in [-0.1, -0.05) is 55.4 Å². The molecule has 4 aromatic rings. The van der Waals surface area contributed by atoms with Crippen LogP contribution in [0.25, 0.3) is 11.0 Å². The highest BCUT2D eigenvalue weighted by Crippen LogP contribution is 2.37. The zero-order valence-corrected chi connectivity index (χ0v) is 19.8. The van der Waals surface area contributed by atoms with Gasteiger partial charge in [0.05, 0.1) is 21.6 Å². The molecule has 0 unspecified atom stereocenters. The van der Waals surface area contributed by atoms with E-state index >= 15 is 0 Å². The van der Waals surface area contributed by atoms with Gasteiger partial charge < -0.3 is 0 Å². The minimum absolute atomic E-state index is 0.165. The first-order chi connectivity index (χ1) is 15.3. The molecule has 8 heteroatoms. The van der Waals surface area contributed by atoms with E-state index in [9.17, 15) is 13.2 Å². The van der Waals surface area contributed by atoms with Crippen LogP contribution in [-0.4, -0.2) is 17.6 Å². The quantitative estimate of drug-likeness (QED) is 0.424. The topological polar surface area (TPSA) is 73.1 Å². The van der Waals surface area contributed by atoms with Crippen LogP contribution in [0.3, 0.4) is 0 Å². The SMILES string of the molecule is CCCc1ccc(S(=O)(=O)Nc2cc3c(cc2Sc2ccccc2)n(C)c(=O)n3C)cc1. The predicted octanol–water partition coefficient (Wildman–Crippen LogP) is 4.78. The van der Waals surface area contributed by atoms with Crippen molar-refractivity contribution in [3.05, 3.63) is 82.8 Å². The Balaban J connectivity index is 1.79. The molecule has 0 aliphatic heterocycles. The Morgan fingerprint density at radius 3 is 2.16 bits per heavy atom. The van der Waals surface area contributed by atoms with Crippen molar-refractivity contribution in [1.82, 2.24) is 9.13 Å². The number of imidazole rings is 1. The minimum atomic E-state index is -3.80. The van der Waals surface area contributed by atoms with Crippen molar-refractivity contribution in [2.75, 3.05) is 4.72 Å². The number of hydrogen-bond acceptors (Lipinski definition) is 4. The number of sulfonamides is 1. The van der Waals surface area contributed by atoms with Crippen LogP contribution in [0.5, 0.6) is 0 Å². The first-order valence-corrected chi connectivity index (χ1v) is 12.6. The highest BCUT2D eigenvalue weighted by molar-refractivity contribution is 7.99. The van der Waals surface area contributed by atoms with Crippen LogP contribution in [-0.2, 0) is 30.5 Å². The maximum absolute atomic E-state index is 13.2. The number of anilines is 1. The lowest BCUT2D eigenvalue weighted by Gasteiger charge is -2.14. The predicted molar refractivity (Wildman–Crippen MR) is 130 cm³/mol. The molecule has 0 aliphatic rings.